The minimum atomic E-state index is -0.519. The van der Waals surface area contributed by atoms with Crippen molar-refractivity contribution < 1.29 is 9.18 Å². The van der Waals surface area contributed by atoms with Crippen LogP contribution < -0.4 is 10.6 Å². The number of rotatable bonds is 4. The largest absolute Gasteiger partial charge is 0.369 e. The van der Waals surface area contributed by atoms with E-state index in [0.717, 1.165) is 0 Å². The Balaban J connectivity index is 2.19. The number of nitrogens with zero attached hydrogens (tertiary/aromatic N) is 2. The summed E-state index contributed by atoms with van der Waals surface area (Å²) < 4.78 is 14.2. The molecule has 2 aromatic rings. The summed E-state index contributed by atoms with van der Waals surface area (Å²) in [5.41, 5.74) is 0.197. The monoisotopic (exact) mass is 338 g/mol. The molecule has 104 valence electrons. The van der Waals surface area contributed by atoms with Crippen LogP contribution in [-0.2, 0) is 0 Å². The van der Waals surface area contributed by atoms with Crippen LogP contribution in [0.3, 0.4) is 0 Å². The summed E-state index contributed by atoms with van der Waals surface area (Å²) in [4.78, 5) is 20.0. The highest BCUT2D eigenvalue weighted by Crippen LogP contribution is 2.20. The second-order valence-electron chi connectivity index (χ2n) is 3.90. The molecular weight excluding hydrogens is 327 g/mol. The van der Waals surface area contributed by atoms with Crippen molar-refractivity contribution in [1.29, 1.82) is 0 Å². The number of hydrogen-bond donors (Lipinski definition) is 2. The first-order chi connectivity index (χ1) is 9.60. The summed E-state index contributed by atoms with van der Waals surface area (Å²) in [7, 11) is 0. The standard InChI is InChI=1S/C13H12BrFN4O/c1-2-17-12-7-16-6-11(18-12)13(20)19-10-5-8(14)3-4-9(10)15/h3-7H,2H2,1H3,(H,17,18)(H,19,20). The first-order valence-corrected chi connectivity index (χ1v) is 6.71. The molecule has 0 aliphatic carbocycles. The van der Waals surface area contributed by atoms with E-state index >= 15 is 0 Å². The van der Waals surface area contributed by atoms with E-state index in [2.05, 4.69) is 36.5 Å². The van der Waals surface area contributed by atoms with Gasteiger partial charge in [-0.2, -0.15) is 0 Å². The lowest BCUT2D eigenvalue weighted by molar-refractivity contribution is 0.102. The SMILES string of the molecule is CCNc1cncc(C(=O)Nc2cc(Br)ccc2F)n1. The van der Waals surface area contributed by atoms with Crippen LogP contribution in [0.25, 0.3) is 0 Å². The van der Waals surface area contributed by atoms with Crippen molar-refractivity contribution in [3.63, 3.8) is 0 Å². The Bertz CT molecular complexity index is 636. The molecule has 0 saturated heterocycles. The minimum Gasteiger partial charge on any atom is -0.369 e. The zero-order valence-electron chi connectivity index (χ0n) is 10.7. The molecule has 0 fully saturated rings. The van der Waals surface area contributed by atoms with Gasteiger partial charge in [-0.25, -0.2) is 9.37 Å². The summed E-state index contributed by atoms with van der Waals surface area (Å²) in [6, 6.07) is 4.30. The fraction of sp³-hybridized carbons (Fsp3) is 0.154. The van der Waals surface area contributed by atoms with Crippen molar-refractivity contribution >= 4 is 33.3 Å². The van der Waals surface area contributed by atoms with Crippen LogP contribution in [0.1, 0.15) is 17.4 Å². The van der Waals surface area contributed by atoms with Gasteiger partial charge >= 0.3 is 0 Å². The van der Waals surface area contributed by atoms with Crippen LogP contribution >= 0.6 is 15.9 Å². The molecule has 1 aromatic carbocycles. The summed E-state index contributed by atoms with van der Waals surface area (Å²) >= 11 is 3.22. The van der Waals surface area contributed by atoms with Crippen LogP contribution in [0.5, 0.6) is 0 Å². The molecule has 0 unspecified atom stereocenters. The van der Waals surface area contributed by atoms with Crippen molar-refractivity contribution in [1.82, 2.24) is 9.97 Å². The van der Waals surface area contributed by atoms with Crippen molar-refractivity contribution in [2.75, 3.05) is 17.2 Å². The third-order valence-electron chi connectivity index (χ3n) is 2.40. The number of hydrogen-bond acceptors (Lipinski definition) is 4. The highest BCUT2D eigenvalue weighted by Gasteiger charge is 2.12. The first-order valence-electron chi connectivity index (χ1n) is 5.92. The van der Waals surface area contributed by atoms with Crippen molar-refractivity contribution in [3.05, 3.63) is 46.6 Å². The smallest absolute Gasteiger partial charge is 0.276 e. The Morgan fingerprint density at radius 2 is 2.20 bits per heavy atom. The lowest BCUT2D eigenvalue weighted by Gasteiger charge is -2.07. The van der Waals surface area contributed by atoms with Gasteiger partial charge in [-0.15, -0.1) is 0 Å². The third kappa shape index (κ3) is 3.51. The molecular formula is C13H12BrFN4O. The Hall–Kier alpha value is -2.02. The zero-order chi connectivity index (χ0) is 14.5. The molecule has 1 heterocycles. The van der Waals surface area contributed by atoms with Crippen LogP contribution in [0.2, 0.25) is 0 Å². The molecule has 1 aromatic heterocycles. The molecule has 20 heavy (non-hydrogen) atoms. The minimum absolute atomic E-state index is 0.0834. The summed E-state index contributed by atoms with van der Waals surface area (Å²) in [6.45, 7) is 2.57. The molecule has 0 atom stereocenters. The Morgan fingerprint density at radius 3 is 2.95 bits per heavy atom. The molecule has 0 spiro atoms. The number of anilines is 2. The van der Waals surface area contributed by atoms with E-state index in [0.29, 0.717) is 16.8 Å². The van der Waals surface area contributed by atoms with Gasteiger partial charge < -0.3 is 10.6 Å². The van der Waals surface area contributed by atoms with Gasteiger partial charge in [-0.05, 0) is 25.1 Å². The second kappa shape index (κ2) is 6.42. The van der Waals surface area contributed by atoms with Gasteiger partial charge in [-0.1, -0.05) is 15.9 Å². The molecule has 0 radical (unpaired) electrons. The van der Waals surface area contributed by atoms with Crippen molar-refractivity contribution in [3.8, 4) is 0 Å². The number of benzene rings is 1. The number of carbonyl (C=O) groups excluding carboxylic acids is 1. The highest BCUT2D eigenvalue weighted by atomic mass is 79.9. The second-order valence-corrected chi connectivity index (χ2v) is 4.81. The fourth-order valence-corrected chi connectivity index (χ4v) is 1.88. The maximum absolute atomic E-state index is 13.6. The van der Waals surface area contributed by atoms with Crippen LogP contribution in [0.15, 0.2) is 35.1 Å². The molecule has 0 saturated carbocycles. The molecule has 2 rings (SSSR count). The number of halogens is 2. The van der Waals surface area contributed by atoms with Crippen molar-refractivity contribution in [2.24, 2.45) is 0 Å². The molecule has 0 aliphatic rings. The fourth-order valence-electron chi connectivity index (χ4n) is 1.52. The van der Waals surface area contributed by atoms with Gasteiger partial charge in [0.05, 0.1) is 18.1 Å². The normalized spacial score (nSPS) is 10.2. The third-order valence-corrected chi connectivity index (χ3v) is 2.89. The maximum atomic E-state index is 13.6. The Kier molecular flexibility index (Phi) is 4.62. The average molecular weight is 339 g/mol. The van der Waals surface area contributed by atoms with E-state index in [1.165, 1.54) is 24.5 Å². The van der Waals surface area contributed by atoms with E-state index in [1.807, 2.05) is 6.92 Å². The quantitative estimate of drug-likeness (QED) is 0.898. The van der Waals surface area contributed by atoms with Gasteiger partial charge in [0.15, 0.2) is 0 Å². The summed E-state index contributed by atoms with van der Waals surface area (Å²) in [5.74, 6) is -0.540. The first kappa shape index (κ1) is 14.4. The van der Waals surface area contributed by atoms with Gasteiger partial charge in [-0.3, -0.25) is 9.78 Å². The van der Waals surface area contributed by atoms with Gasteiger partial charge in [0.2, 0.25) is 0 Å². The maximum Gasteiger partial charge on any atom is 0.276 e. The van der Waals surface area contributed by atoms with Gasteiger partial charge in [0.25, 0.3) is 5.91 Å². The topological polar surface area (TPSA) is 66.9 Å². The van der Waals surface area contributed by atoms with Gasteiger partial charge in [0.1, 0.15) is 17.3 Å². The molecule has 0 bridgehead atoms. The highest BCUT2D eigenvalue weighted by molar-refractivity contribution is 9.10. The van der Waals surface area contributed by atoms with Crippen LogP contribution in [0, 0.1) is 5.82 Å². The summed E-state index contributed by atoms with van der Waals surface area (Å²) in [6.07, 6.45) is 2.84. The van der Waals surface area contributed by atoms with E-state index in [-0.39, 0.29) is 11.4 Å². The molecule has 5 nitrogen and oxygen atoms in total. The number of carbonyl (C=O) groups is 1. The zero-order valence-corrected chi connectivity index (χ0v) is 12.2. The average Bonchev–Trinajstić information content (AvgIpc) is 2.43. The molecule has 0 aliphatic heterocycles. The van der Waals surface area contributed by atoms with Crippen LogP contribution in [0.4, 0.5) is 15.9 Å². The Morgan fingerprint density at radius 1 is 1.40 bits per heavy atom. The van der Waals surface area contributed by atoms with Gasteiger partial charge in [0, 0.05) is 11.0 Å². The predicted octanol–water partition coefficient (Wildman–Crippen LogP) is 3.06. The predicted molar refractivity (Wildman–Crippen MR) is 78.2 cm³/mol. The molecule has 7 heteroatoms. The molecule has 1 amide bonds. The van der Waals surface area contributed by atoms with E-state index in [1.54, 1.807) is 6.07 Å². The lowest BCUT2D eigenvalue weighted by Crippen LogP contribution is -2.16. The van der Waals surface area contributed by atoms with E-state index in [9.17, 15) is 9.18 Å². The Labute approximate surface area is 123 Å². The molecule has 2 N–H and O–H groups in total. The van der Waals surface area contributed by atoms with Crippen molar-refractivity contribution in [2.45, 2.75) is 6.92 Å². The lowest BCUT2D eigenvalue weighted by atomic mass is 10.3. The van der Waals surface area contributed by atoms with E-state index in [4.69, 9.17) is 0 Å². The number of aromatic nitrogens is 2. The summed E-state index contributed by atoms with van der Waals surface area (Å²) in [5, 5.41) is 5.41. The number of amides is 1. The number of nitrogens with one attached hydrogen (secondary N) is 2. The van der Waals surface area contributed by atoms with Crippen LogP contribution in [-0.4, -0.2) is 22.4 Å². The van der Waals surface area contributed by atoms with E-state index < -0.39 is 11.7 Å².